The lowest BCUT2D eigenvalue weighted by Gasteiger charge is -1.96. The van der Waals surface area contributed by atoms with Crippen LogP contribution in [-0.2, 0) is 7.05 Å². The van der Waals surface area contributed by atoms with E-state index in [1.54, 1.807) is 9.36 Å². The Morgan fingerprint density at radius 3 is 2.16 bits per heavy atom. The highest BCUT2D eigenvalue weighted by Crippen LogP contribution is 2.23. The zero-order valence-corrected chi connectivity index (χ0v) is 10.7. The first-order valence-electron chi connectivity index (χ1n) is 6.13. The van der Waals surface area contributed by atoms with Crippen molar-refractivity contribution in [3.8, 4) is 16.9 Å². The van der Waals surface area contributed by atoms with Gasteiger partial charge >= 0.3 is 0 Å². The van der Waals surface area contributed by atoms with Crippen molar-refractivity contribution in [2.75, 3.05) is 5.73 Å². The first-order chi connectivity index (χ1) is 9.27. The molecule has 0 unspecified atom stereocenters. The van der Waals surface area contributed by atoms with E-state index in [1.807, 2.05) is 67.7 Å². The number of anilines is 1. The van der Waals surface area contributed by atoms with Gasteiger partial charge < -0.3 is 5.73 Å². The molecule has 0 aliphatic carbocycles. The molecule has 4 heteroatoms. The fourth-order valence-corrected chi connectivity index (χ4v) is 2.18. The maximum Gasteiger partial charge on any atom is 0.269 e. The summed E-state index contributed by atoms with van der Waals surface area (Å²) in [5.41, 5.74) is 9.18. The molecule has 0 aliphatic rings. The first kappa shape index (κ1) is 11.5. The van der Waals surface area contributed by atoms with E-state index in [1.165, 1.54) is 0 Å². The fourth-order valence-electron chi connectivity index (χ4n) is 2.18. The Balaban J connectivity index is 2.17. The summed E-state index contributed by atoms with van der Waals surface area (Å²) in [6, 6.07) is 19.9. The lowest BCUT2D eigenvalue weighted by Crippen LogP contribution is -2.33. The number of aromatic nitrogens is 3. The summed E-state index contributed by atoms with van der Waals surface area (Å²) in [7, 11) is 1.90. The van der Waals surface area contributed by atoms with Crippen molar-refractivity contribution in [1.29, 1.82) is 0 Å². The van der Waals surface area contributed by atoms with Crippen LogP contribution in [-0.4, -0.2) is 9.90 Å². The lowest BCUT2D eigenvalue weighted by molar-refractivity contribution is -0.721. The van der Waals surface area contributed by atoms with Gasteiger partial charge in [-0.15, -0.1) is 4.68 Å². The van der Waals surface area contributed by atoms with Gasteiger partial charge in [0.15, 0.2) is 5.69 Å². The van der Waals surface area contributed by atoms with Crippen molar-refractivity contribution < 1.29 is 4.68 Å². The average Bonchev–Trinajstić information content (AvgIpc) is 2.76. The molecular weight excluding hydrogens is 236 g/mol. The van der Waals surface area contributed by atoms with Crippen molar-refractivity contribution in [3.63, 3.8) is 0 Å². The number of nitrogen functional groups attached to an aromatic ring is 1. The Labute approximate surface area is 111 Å². The summed E-state index contributed by atoms with van der Waals surface area (Å²) in [5, 5.41) is 4.47. The third-order valence-corrected chi connectivity index (χ3v) is 3.07. The van der Waals surface area contributed by atoms with Crippen molar-refractivity contribution >= 4 is 5.82 Å². The minimum absolute atomic E-state index is 0.639. The van der Waals surface area contributed by atoms with Crippen LogP contribution >= 0.6 is 0 Å². The van der Waals surface area contributed by atoms with Gasteiger partial charge in [0.05, 0.1) is 5.21 Å². The van der Waals surface area contributed by atoms with Gasteiger partial charge in [-0.05, 0) is 12.1 Å². The maximum atomic E-state index is 6.25. The Kier molecular flexibility index (Phi) is 2.76. The summed E-state index contributed by atoms with van der Waals surface area (Å²) in [4.78, 5) is 0. The number of aryl methyl sites for hydroxylation is 1. The molecule has 0 atom stereocenters. The van der Waals surface area contributed by atoms with Crippen molar-refractivity contribution in [2.24, 2.45) is 7.05 Å². The van der Waals surface area contributed by atoms with Crippen LogP contribution in [0, 0.1) is 0 Å². The van der Waals surface area contributed by atoms with E-state index < -0.39 is 0 Å². The Bertz CT molecular complexity index is 687. The summed E-state index contributed by atoms with van der Waals surface area (Å²) >= 11 is 0. The molecule has 0 bridgehead atoms. The van der Waals surface area contributed by atoms with E-state index in [-0.39, 0.29) is 0 Å². The SMILES string of the molecule is C[n+]1nn(-c2ccccc2)c(N)c1-c1ccccc1. The summed E-state index contributed by atoms with van der Waals surface area (Å²) in [6.45, 7) is 0. The topological polar surface area (TPSA) is 47.7 Å². The molecule has 0 spiro atoms. The molecule has 3 aromatic rings. The Morgan fingerprint density at radius 2 is 1.53 bits per heavy atom. The molecule has 0 radical (unpaired) electrons. The molecule has 3 rings (SSSR count). The number of hydrogen-bond donors (Lipinski definition) is 1. The average molecular weight is 251 g/mol. The highest BCUT2D eigenvalue weighted by atomic mass is 15.5. The molecule has 0 saturated carbocycles. The van der Waals surface area contributed by atoms with Crippen LogP contribution in [0.2, 0.25) is 0 Å². The van der Waals surface area contributed by atoms with Gasteiger partial charge in [-0.2, -0.15) is 0 Å². The number of hydrogen-bond acceptors (Lipinski definition) is 2. The Hall–Kier alpha value is -2.62. The van der Waals surface area contributed by atoms with Gasteiger partial charge in [-0.1, -0.05) is 53.2 Å². The maximum absolute atomic E-state index is 6.25. The fraction of sp³-hybridized carbons (Fsp3) is 0.0667. The van der Waals surface area contributed by atoms with Crippen LogP contribution in [0.5, 0.6) is 0 Å². The molecule has 0 aliphatic heterocycles. The van der Waals surface area contributed by atoms with E-state index in [2.05, 4.69) is 5.21 Å². The first-order valence-corrected chi connectivity index (χ1v) is 6.13. The van der Waals surface area contributed by atoms with Crippen molar-refractivity contribution in [1.82, 2.24) is 9.90 Å². The molecule has 2 aromatic carbocycles. The minimum atomic E-state index is 0.639. The zero-order valence-electron chi connectivity index (χ0n) is 10.7. The monoisotopic (exact) mass is 251 g/mol. The molecule has 1 heterocycles. The summed E-state index contributed by atoms with van der Waals surface area (Å²) in [5.74, 6) is 0.639. The van der Waals surface area contributed by atoms with Gasteiger partial charge in [0.25, 0.3) is 5.82 Å². The van der Waals surface area contributed by atoms with Gasteiger partial charge in [0.2, 0.25) is 5.69 Å². The molecule has 2 N–H and O–H groups in total. The van der Waals surface area contributed by atoms with Gasteiger partial charge in [0.1, 0.15) is 7.05 Å². The van der Waals surface area contributed by atoms with Crippen LogP contribution in [0.25, 0.3) is 16.9 Å². The molecule has 0 amide bonds. The van der Waals surface area contributed by atoms with E-state index in [0.29, 0.717) is 5.82 Å². The van der Waals surface area contributed by atoms with E-state index >= 15 is 0 Å². The number of para-hydroxylation sites is 1. The summed E-state index contributed by atoms with van der Waals surface area (Å²) < 4.78 is 3.56. The van der Waals surface area contributed by atoms with Crippen LogP contribution in [0.4, 0.5) is 5.82 Å². The molecule has 1 aromatic heterocycles. The molecule has 0 fully saturated rings. The van der Waals surface area contributed by atoms with Crippen molar-refractivity contribution in [2.45, 2.75) is 0 Å². The van der Waals surface area contributed by atoms with Crippen LogP contribution in [0.15, 0.2) is 60.7 Å². The van der Waals surface area contributed by atoms with Crippen LogP contribution in [0.1, 0.15) is 0 Å². The molecule has 4 nitrogen and oxygen atoms in total. The van der Waals surface area contributed by atoms with Crippen molar-refractivity contribution in [3.05, 3.63) is 60.7 Å². The predicted molar refractivity (Wildman–Crippen MR) is 74.6 cm³/mol. The minimum Gasteiger partial charge on any atom is -0.361 e. The van der Waals surface area contributed by atoms with Crippen LogP contribution in [0.3, 0.4) is 0 Å². The lowest BCUT2D eigenvalue weighted by atomic mass is 10.1. The van der Waals surface area contributed by atoms with Crippen LogP contribution < -0.4 is 10.4 Å². The molecule has 0 saturated heterocycles. The number of benzene rings is 2. The third-order valence-electron chi connectivity index (χ3n) is 3.07. The van der Waals surface area contributed by atoms with Gasteiger partial charge in [-0.3, -0.25) is 0 Å². The molecule has 19 heavy (non-hydrogen) atoms. The van der Waals surface area contributed by atoms with Gasteiger partial charge in [0, 0.05) is 5.56 Å². The zero-order chi connectivity index (χ0) is 13.2. The van der Waals surface area contributed by atoms with E-state index in [4.69, 9.17) is 5.73 Å². The second kappa shape index (κ2) is 4.57. The Morgan fingerprint density at radius 1 is 0.947 bits per heavy atom. The van der Waals surface area contributed by atoms with E-state index in [0.717, 1.165) is 16.9 Å². The number of nitrogens with zero attached hydrogens (tertiary/aromatic N) is 3. The standard InChI is InChI=1S/C15H15N4/c1-18-14(12-8-4-2-5-9-12)15(16)19(17-18)13-10-6-3-7-11-13/h2-11H,16H2,1H3/q+1. The highest BCUT2D eigenvalue weighted by Gasteiger charge is 2.23. The van der Waals surface area contributed by atoms with Gasteiger partial charge in [-0.25, -0.2) is 0 Å². The normalized spacial score (nSPS) is 10.6. The second-order valence-electron chi connectivity index (χ2n) is 4.36. The summed E-state index contributed by atoms with van der Waals surface area (Å²) in [6.07, 6.45) is 0. The quantitative estimate of drug-likeness (QED) is 0.708. The smallest absolute Gasteiger partial charge is 0.269 e. The van der Waals surface area contributed by atoms with E-state index in [9.17, 15) is 0 Å². The molecule has 94 valence electrons. The highest BCUT2D eigenvalue weighted by molar-refractivity contribution is 5.68. The molecular formula is C15H15N4+. The third kappa shape index (κ3) is 1.97. The number of nitrogens with two attached hydrogens (primary N) is 1. The largest absolute Gasteiger partial charge is 0.361 e. The number of rotatable bonds is 2. The predicted octanol–water partition coefficient (Wildman–Crippen LogP) is 1.95. The second-order valence-corrected chi connectivity index (χ2v) is 4.36.